The van der Waals surface area contributed by atoms with Crippen molar-refractivity contribution in [2.75, 3.05) is 11.9 Å². The van der Waals surface area contributed by atoms with Gasteiger partial charge in [-0.05, 0) is 79.6 Å². The summed E-state index contributed by atoms with van der Waals surface area (Å²) in [5, 5.41) is 7.33. The van der Waals surface area contributed by atoms with Crippen LogP contribution in [0.1, 0.15) is 31.2 Å². The highest BCUT2D eigenvalue weighted by Crippen LogP contribution is 2.37. The number of carbonyl (C=O) groups is 2. The van der Waals surface area contributed by atoms with Crippen LogP contribution in [0.15, 0.2) is 77.4 Å². The summed E-state index contributed by atoms with van der Waals surface area (Å²) in [6.45, 7) is 3.22. The topological polar surface area (TPSA) is 76.5 Å². The molecule has 10 heteroatoms. The Kier molecular flexibility index (Phi) is 7.58. The normalized spacial score (nSPS) is 17.1. The lowest BCUT2D eigenvalue weighted by atomic mass is 10.1. The van der Waals surface area contributed by atoms with Gasteiger partial charge in [0.25, 0.3) is 5.91 Å². The fourth-order valence-electron chi connectivity index (χ4n) is 4.54. The number of nitrogens with one attached hydrogen (secondary N) is 1. The van der Waals surface area contributed by atoms with Crippen LogP contribution in [-0.4, -0.2) is 39.1 Å². The largest absolute Gasteiger partial charge is 0.341 e. The molecule has 1 aliphatic heterocycles. The molecule has 0 unspecified atom stereocenters. The number of ether oxygens (including phenoxy) is 1. The average molecular weight is 595 g/mol. The third kappa shape index (κ3) is 5.76. The first kappa shape index (κ1) is 26.7. The average Bonchev–Trinajstić information content (AvgIpc) is 3.45. The highest BCUT2D eigenvalue weighted by molar-refractivity contribution is 9.10. The van der Waals surface area contributed by atoms with Gasteiger partial charge in [-0.1, -0.05) is 22.0 Å². The van der Waals surface area contributed by atoms with Crippen molar-refractivity contribution in [2.45, 2.75) is 32.6 Å². The lowest BCUT2D eigenvalue weighted by Crippen LogP contribution is -2.32. The van der Waals surface area contributed by atoms with Gasteiger partial charge in [0.1, 0.15) is 23.4 Å². The molecule has 7 nitrogen and oxygen atoms in total. The lowest BCUT2D eigenvalue weighted by Gasteiger charge is -2.23. The van der Waals surface area contributed by atoms with Crippen molar-refractivity contribution in [3.05, 3.63) is 100 Å². The molecule has 0 spiro atoms. The zero-order valence-electron chi connectivity index (χ0n) is 21.2. The molecule has 2 heterocycles. The Bertz CT molecular complexity index is 1520. The molecule has 1 saturated heterocycles. The Labute approximate surface area is 232 Å². The molecule has 0 aliphatic carbocycles. The van der Waals surface area contributed by atoms with Crippen LogP contribution < -0.4 is 5.32 Å². The number of carbonyl (C=O) groups excluding carboxylic acids is 2. The third-order valence-electron chi connectivity index (χ3n) is 6.46. The van der Waals surface area contributed by atoms with Crippen LogP contribution in [0.3, 0.4) is 0 Å². The Balaban J connectivity index is 1.48. The molecule has 0 bridgehead atoms. The van der Waals surface area contributed by atoms with Crippen LogP contribution in [0, 0.1) is 11.6 Å². The predicted octanol–water partition coefficient (Wildman–Crippen LogP) is 6.03. The van der Waals surface area contributed by atoms with E-state index in [9.17, 15) is 18.4 Å². The van der Waals surface area contributed by atoms with Gasteiger partial charge in [0.15, 0.2) is 6.23 Å². The first-order valence-electron chi connectivity index (χ1n) is 12.3. The Morgan fingerprint density at radius 2 is 1.79 bits per heavy atom. The van der Waals surface area contributed by atoms with E-state index in [1.165, 1.54) is 25.1 Å². The van der Waals surface area contributed by atoms with Gasteiger partial charge in [0, 0.05) is 41.0 Å². The minimum Gasteiger partial charge on any atom is -0.341 e. The Morgan fingerprint density at radius 1 is 1.08 bits per heavy atom. The molecule has 2 amide bonds. The number of nitrogens with zero attached hydrogens (tertiary/aromatic N) is 3. The van der Waals surface area contributed by atoms with Gasteiger partial charge in [0.2, 0.25) is 5.91 Å². The smallest absolute Gasteiger partial charge is 0.253 e. The summed E-state index contributed by atoms with van der Waals surface area (Å²) in [5.74, 6) is -1.37. The van der Waals surface area contributed by atoms with Crippen molar-refractivity contribution < 1.29 is 23.1 Å². The van der Waals surface area contributed by atoms with E-state index in [4.69, 9.17) is 9.84 Å². The number of hydrogen-bond acceptors (Lipinski definition) is 4. The van der Waals surface area contributed by atoms with E-state index in [1.807, 2.05) is 24.3 Å². The van der Waals surface area contributed by atoms with Crippen molar-refractivity contribution >= 4 is 33.4 Å². The standard InChI is InChI=1S/C29H25BrF2N4O3/c1-17-28(38)35(14-13-19-5-10-23(15-26(19)32)33-18(2)37)29(39-17)25-16-36(24-11-6-21(30)7-12-24)34-27(25)20-3-8-22(31)9-4-20/h3-12,15-17,29H,13-14H2,1-2H3,(H,33,37)/t17-,29-/m1/s1. The van der Waals surface area contributed by atoms with Crippen molar-refractivity contribution in [1.29, 1.82) is 0 Å². The molecule has 4 aromatic rings. The zero-order chi connectivity index (χ0) is 27.7. The summed E-state index contributed by atoms with van der Waals surface area (Å²) in [6.07, 6.45) is 0.544. The van der Waals surface area contributed by atoms with Crippen molar-refractivity contribution in [3.63, 3.8) is 0 Å². The Morgan fingerprint density at radius 3 is 2.46 bits per heavy atom. The first-order valence-corrected chi connectivity index (χ1v) is 13.1. The summed E-state index contributed by atoms with van der Waals surface area (Å²) >= 11 is 3.44. The third-order valence-corrected chi connectivity index (χ3v) is 6.99. The van der Waals surface area contributed by atoms with Gasteiger partial charge < -0.3 is 15.0 Å². The molecule has 1 aliphatic rings. The fraction of sp³-hybridized carbons (Fsp3) is 0.207. The van der Waals surface area contributed by atoms with Gasteiger partial charge in [0.05, 0.1) is 5.69 Å². The summed E-state index contributed by atoms with van der Waals surface area (Å²) < 4.78 is 37.2. The molecule has 0 saturated carbocycles. The molecule has 5 rings (SSSR count). The predicted molar refractivity (Wildman–Crippen MR) is 146 cm³/mol. The second-order valence-corrected chi connectivity index (χ2v) is 10.2. The van der Waals surface area contributed by atoms with Crippen LogP contribution in [0.4, 0.5) is 14.5 Å². The summed E-state index contributed by atoms with van der Waals surface area (Å²) in [4.78, 5) is 26.0. The van der Waals surface area contributed by atoms with Crippen LogP contribution in [0.25, 0.3) is 16.9 Å². The number of rotatable bonds is 7. The molecular formula is C29H25BrF2N4O3. The lowest BCUT2D eigenvalue weighted by molar-refractivity contribution is -0.130. The second kappa shape index (κ2) is 11.1. The number of benzene rings is 3. The van der Waals surface area contributed by atoms with E-state index in [2.05, 4.69) is 21.2 Å². The van der Waals surface area contributed by atoms with Crippen molar-refractivity contribution in [2.24, 2.45) is 0 Å². The van der Waals surface area contributed by atoms with Gasteiger partial charge in [-0.2, -0.15) is 5.10 Å². The zero-order valence-corrected chi connectivity index (χ0v) is 22.8. The Hall–Kier alpha value is -3.89. The minimum absolute atomic E-state index is 0.191. The molecule has 2 atom stereocenters. The highest BCUT2D eigenvalue weighted by atomic mass is 79.9. The molecule has 1 N–H and O–H groups in total. The van der Waals surface area contributed by atoms with E-state index in [1.54, 1.807) is 47.0 Å². The quantitative estimate of drug-likeness (QED) is 0.283. The van der Waals surface area contributed by atoms with Crippen LogP contribution in [0.5, 0.6) is 0 Å². The maximum atomic E-state index is 14.8. The van der Waals surface area contributed by atoms with Crippen LogP contribution >= 0.6 is 15.9 Å². The monoisotopic (exact) mass is 594 g/mol. The molecule has 39 heavy (non-hydrogen) atoms. The van der Waals surface area contributed by atoms with Gasteiger partial charge >= 0.3 is 0 Å². The van der Waals surface area contributed by atoms with E-state index in [-0.39, 0.29) is 30.6 Å². The van der Waals surface area contributed by atoms with Gasteiger partial charge in [-0.3, -0.25) is 9.59 Å². The highest BCUT2D eigenvalue weighted by Gasteiger charge is 2.40. The van der Waals surface area contributed by atoms with Crippen LogP contribution in [-0.2, 0) is 20.7 Å². The number of aromatic nitrogens is 2. The molecule has 0 radical (unpaired) electrons. The summed E-state index contributed by atoms with van der Waals surface area (Å²) in [5.41, 5.74) is 3.39. The van der Waals surface area contributed by atoms with E-state index >= 15 is 0 Å². The SMILES string of the molecule is CC(=O)Nc1ccc(CCN2C(=O)[C@@H](C)O[C@@H]2c2cn(-c3ccc(Br)cc3)nc2-c2ccc(F)cc2)c(F)c1. The molecular weight excluding hydrogens is 570 g/mol. The van der Waals surface area contributed by atoms with Gasteiger partial charge in [-0.25, -0.2) is 13.5 Å². The summed E-state index contributed by atoms with van der Waals surface area (Å²) in [7, 11) is 0. The fourth-order valence-corrected chi connectivity index (χ4v) is 4.81. The number of halogens is 3. The first-order chi connectivity index (χ1) is 18.7. The minimum atomic E-state index is -0.779. The van der Waals surface area contributed by atoms with E-state index < -0.39 is 18.1 Å². The molecule has 1 fully saturated rings. The summed E-state index contributed by atoms with van der Waals surface area (Å²) in [6, 6.07) is 18.0. The van der Waals surface area contributed by atoms with Gasteiger partial charge in [-0.15, -0.1) is 0 Å². The maximum absolute atomic E-state index is 14.8. The van der Waals surface area contributed by atoms with Crippen molar-refractivity contribution in [3.8, 4) is 16.9 Å². The number of hydrogen-bond donors (Lipinski definition) is 1. The number of anilines is 1. The van der Waals surface area contributed by atoms with E-state index in [0.717, 1.165) is 10.2 Å². The molecule has 200 valence electrons. The molecule has 3 aromatic carbocycles. The van der Waals surface area contributed by atoms with Crippen LogP contribution in [0.2, 0.25) is 0 Å². The van der Waals surface area contributed by atoms with E-state index in [0.29, 0.717) is 28.1 Å². The molecule has 1 aromatic heterocycles. The number of amides is 2. The van der Waals surface area contributed by atoms with Crippen molar-refractivity contribution in [1.82, 2.24) is 14.7 Å². The maximum Gasteiger partial charge on any atom is 0.253 e. The second-order valence-electron chi connectivity index (χ2n) is 9.26.